The second-order valence-electron chi connectivity index (χ2n) is 2.21. The molecule has 0 aliphatic heterocycles. The Hall–Kier alpha value is -1.85. The molecule has 0 bridgehead atoms. The average Bonchev–Trinajstić information content (AvgIpc) is 1.99. The van der Waals surface area contributed by atoms with Crippen LogP contribution in [0.25, 0.3) is 0 Å². The summed E-state index contributed by atoms with van der Waals surface area (Å²) in [4.78, 5) is 24.7. The summed E-state index contributed by atoms with van der Waals surface area (Å²) in [6.07, 6.45) is 0. The molecule has 0 saturated heterocycles. The van der Waals surface area contributed by atoms with Gasteiger partial charge in [0, 0.05) is 13.1 Å². The zero-order valence-corrected chi connectivity index (χ0v) is 6.31. The lowest BCUT2D eigenvalue weighted by Gasteiger charge is -2.00. The number of carbonyl (C=O) groups excluding carboxylic acids is 1. The Bertz CT molecular complexity index is 382. The van der Waals surface area contributed by atoms with Crippen molar-refractivity contribution in [3.63, 3.8) is 0 Å². The van der Waals surface area contributed by atoms with E-state index in [-0.39, 0.29) is 11.6 Å². The third-order valence-corrected chi connectivity index (χ3v) is 1.36. The van der Waals surface area contributed by atoms with Crippen LogP contribution in [0, 0.1) is 0 Å². The largest absolute Gasteiger partial charge is 0.494 e. The minimum Gasteiger partial charge on any atom is -0.494 e. The summed E-state index contributed by atoms with van der Waals surface area (Å²) in [5.41, 5.74) is 3.88. The van der Waals surface area contributed by atoms with Crippen molar-refractivity contribution in [3.8, 4) is 5.88 Å². The Kier molecular flexibility index (Phi) is 1.82. The van der Waals surface area contributed by atoms with E-state index in [1.165, 1.54) is 7.05 Å². The molecule has 0 spiro atoms. The van der Waals surface area contributed by atoms with E-state index in [2.05, 4.69) is 4.98 Å². The number of hydrogen-bond donors (Lipinski definition) is 2. The van der Waals surface area contributed by atoms with Gasteiger partial charge < -0.3 is 10.8 Å². The average molecular weight is 169 g/mol. The maximum Gasteiger partial charge on any atom is 0.350 e. The van der Waals surface area contributed by atoms with E-state index in [0.717, 1.165) is 10.6 Å². The first-order valence-electron chi connectivity index (χ1n) is 3.09. The Morgan fingerprint density at radius 3 is 2.75 bits per heavy atom. The van der Waals surface area contributed by atoms with Crippen LogP contribution in [0.1, 0.15) is 10.5 Å². The number of nitrogens with zero attached hydrogens (tertiary/aromatic N) is 2. The SMILES string of the molecule is Cn1c(O)cc(C(N)=O)nc1=O. The van der Waals surface area contributed by atoms with Crippen molar-refractivity contribution < 1.29 is 9.90 Å². The lowest BCUT2D eigenvalue weighted by atomic mass is 10.4. The van der Waals surface area contributed by atoms with E-state index in [1.54, 1.807) is 0 Å². The van der Waals surface area contributed by atoms with Gasteiger partial charge in [-0.15, -0.1) is 0 Å². The molecular weight excluding hydrogens is 162 g/mol. The van der Waals surface area contributed by atoms with Crippen LogP contribution >= 0.6 is 0 Å². The van der Waals surface area contributed by atoms with E-state index < -0.39 is 11.6 Å². The third kappa shape index (κ3) is 1.26. The first-order valence-corrected chi connectivity index (χ1v) is 3.09. The second kappa shape index (κ2) is 2.65. The van der Waals surface area contributed by atoms with E-state index >= 15 is 0 Å². The zero-order chi connectivity index (χ0) is 9.30. The molecule has 0 aliphatic rings. The number of hydrogen-bond acceptors (Lipinski definition) is 4. The highest BCUT2D eigenvalue weighted by atomic mass is 16.3. The van der Waals surface area contributed by atoms with Crippen LogP contribution in [-0.4, -0.2) is 20.6 Å². The molecule has 0 aromatic carbocycles. The van der Waals surface area contributed by atoms with Crippen LogP contribution in [-0.2, 0) is 7.05 Å². The second-order valence-corrected chi connectivity index (χ2v) is 2.21. The Morgan fingerprint density at radius 1 is 1.75 bits per heavy atom. The van der Waals surface area contributed by atoms with Crippen molar-refractivity contribution in [1.82, 2.24) is 9.55 Å². The number of aromatic hydroxyl groups is 1. The first-order chi connectivity index (χ1) is 5.52. The quantitative estimate of drug-likeness (QED) is 0.539. The summed E-state index contributed by atoms with van der Waals surface area (Å²) >= 11 is 0. The fourth-order valence-corrected chi connectivity index (χ4v) is 0.654. The molecule has 1 amide bonds. The van der Waals surface area contributed by atoms with Gasteiger partial charge in [-0.25, -0.2) is 4.79 Å². The molecule has 0 aliphatic carbocycles. The van der Waals surface area contributed by atoms with E-state index in [4.69, 9.17) is 10.8 Å². The van der Waals surface area contributed by atoms with Crippen molar-refractivity contribution in [1.29, 1.82) is 0 Å². The molecule has 0 radical (unpaired) electrons. The monoisotopic (exact) mass is 169 g/mol. The fourth-order valence-electron chi connectivity index (χ4n) is 0.654. The molecule has 6 nitrogen and oxygen atoms in total. The summed E-state index contributed by atoms with van der Waals surface area (Å²) in [5.74, 6) is -1.19. The molecular formula is C6H7N3O3. The maximum absolute atomic E-state index is 10.8. The molecule has 64 valence electrons. The molecule has 6 heteroatoms. The number of aromatic nitrogens is 2. The highest BCUT2D eigenvalue weighted by molar-refractivity contribution is 5.90. The molecule has 3 N–H and O–H groups in total. The van der Waals surface area contributed by atoms with Gasteiger partial charge in [-0.05, 0) is 0 Å². The fraction of sp³-hybridized carbons (Fsp3) is 0.167. The Balaban J connectivity index is 3.41. The van der Waals surface area contributed by atoms with E-state index in [9.17, 15) is 9.59 Å². The van der Waals surface area contributed by atoms with Gasteiger partial charge in [-0.3, -0.25) is 9.36 Å². The third-order valence-electron chi connectivity index (χ3n) is 1.36. The van der Waals surface area contributed by atoms with Gasteiger partial charge in [-0.2, -0.15) is 4.98 Å². The number of nitrogens with two attached hydrogens (primary N) is 1. The van der Waals surface area contributed by atoms with Crippen LogP contribution in [0.5, 0.6) is 5.88 Å². The molecule has 12 heavy (non-hydrogen) atoms. The number of carbonyl (C=O) groups is 1. The lowest BCUT2D eigenvalue weighted by Crippen LogP contribution is -2.25. The molecule has 0 unspecified atom stereocenters. The van der Waals surface area contributed by atoms with E-state index in [1.807, 2.05) is 0 Å². The van der Waals surface area contributed by atoms with Crippen LogP contribution in [0.2, 0.25) is 0 Å². The molecule has 0 atom stereocenters. The predicted octanol–water partition coefficient (Wildman–Crippen LogP) is -1.42. The highest BCUT2D eigenvalue weighted by Gasteiger charge is 2.07. The van der Waals surface area contributed by atoms with Crippen molar-refractivity contribution >= 4 is 5.91 Å². The van der Waals surface area contributed by atoms with Crippen molar-refractivity contribution in [2.24, 2.45) is 12.8 Å². The predicted molar refractivity (Wildman–Crippen MR) is 39.7 cm³/mol. The molecule has 1 heterocycles. The minimum absolute atomic E-state index is 0.240. The summed E-state index contributed by atoms with van der Waals surface area (Å²) in [6.45, 7) is 0. The molecule has 0 fully saturated rings. The first kappa shape index (κ1) is 8.25. The van der Waals surface area contributed by atoms with Crippen LogP contribution in [0.4, 0.5) is 0 Å². The van der Waals surface area contributed by atoms with Crippen molar-refractivity contribution in [2.75, 3.05) is 0 Å². The smallest absolute Gasteiger partial charge is 0.350 e. The normalized spacial score (nSPS) is 9.75. The van der Waals surface area contributed by atoms with Gasteiger partial charge >= 0.3 is 5.69 Å². The van der Waals surface area contributed by atoms with Gasteiger partial charge in [0.25, 0.3) is 5.91 Å². The highest BCUT2D eigenvalue weighted by Crippen LogP contribution is 2.03. The Morgan fingerprint density at radius 2 is 2.33 bits per heavy atom. The zero-order valence-electron chi connectivity index (χ0n) is 6.31. The lowest BCUT2D eigenvalue weighted by molar-refractivity contribution is 0.0994. The van der Waals surface area contributed by atoms with Crippen LogP contribution in [0.15, 0.2) is 10.9 Å². The molecule has 0 saturated carbocycles. The molecule has 1 aromatic heterocycles. The van der Waals surface area contributed by atoms with E-state index in [0.29, 0.717) is 0 Å². The van der Waals surface area contributed by atoms with Crippen LogP contribution < -0.4 is 11.4 Å². The topological polar surface area (TPSA) is 98.2 Å². The number of amides is 1. The molecule has 1 rings (SSSR count). The van der Waals surface area contributed by atoms with Gasteiger partial charge in [0.1, 0.15) is 5.69 Å². The Labute approximate surface area is 67.3 Å². The van der Waals surface area contributed by atoms with Gasteiger partial charge in [0.15, 0.2) is 5.88 Å². The van der Waals surface area contributed by atoms with Gasteiger partial charge in [0.05, 0.1) is 0 Å². The maximum atomic E-state index is 10.8. The summed E-state index contributed by atoms with van der Waals surface area (Å²) < 4.78 is 0.895. The standard InChI is InChI=1S/C6H7N3O3/c1-9-4(10)2-3(5(7)11)8-6(9)12/h2,10H,1H3,(H2,7,11). The summed E-state index contributed by atoms with van der Waals surface area (Å²) in [7, 11) is 1.33. The summed E-state index contributed by atoms with van der Waals surface area (Å²) in [6, 6.07) is 1.03. The summed E-state index contributed by atoms with van der Waals surface area (Å²) in [5, 5.41) is 9.04. The number of primary amides is 1. The molecule has 1 aromatic rings. The minimum atomic E-state index is -0.844. The number of rotatable bonds is 1. The van der Waals surface area contributed by atoms with Gasteiger partial charge in [0.2, 0.25) is 0 Å². The van der Waals surface area contributed by atoms with Gasteiger partial charge in [-0.1, -0.05) is 0 Å². The van der Waals surface area contributed by atoms with Crippen LogP contribution in [0.3, 0.4) is 0 Å². The van der Waals surface area contributed by atoms with Crippen molar-refractivity contribution in [3.05, 3.63) is 22.2 Å². The van der Waals surface area contributed by atoms with Crippen molar-refractivity contribution in [2.45, 2.75) is 0 Å².